The van der Waals surface area contributed by atoms with Gasteiger partial charge in [-0.25, -0.2) is 4.79 Å². The molecule has 0 aromatic heterocycles. The van der Waals surface area contributed by atoms with Crippen molar-refractivity contribution in [3.63, 3.8) is 0 Å². The molecule has 2 fully saturated rings. The summed E-state index contributed by atoms with van der Waals surface area (Å²) in [6.07, 6.45) is 2.51. The van der Waals surface area contributed by atoms with Crippen molar-refractivity contribution in [2.24, 2.45) is 11.8 Å². The van der Waals surface area contributed by atoms with E-state index in [1.165, 1.54) is 4.90 Å². The van der Waals surface area contributed by atoms with Crippen LogP contribution in [0.4, 0.5) is 5.69 Å². The van der Waals surface area contributed by atoms with Gasteiger partial charge in [-0.05, 0) is 49.6 Å². The number of amides is 1. The SMILES string of the molecule is CCOC(=O)c1ccc(N2C(=O)C(=O)C(C(=O)C3CCC3)C2c2ccccc2)cc1. The summed E-state index contributed by atoms with van der Waals surface area (Å²) in [5, 5.41) is 0. The lowest BCUT2D eigenvalue weighted by atomic mass is 9.74. The molecule has 1 aliphatic heterocycles. The predicted molar refractivity (Wildman–Crippen MR) is 110 cm³/mol. The fraction of sp³-hybridized carbons (Fsp3) is 0.333. The number of hydrogen-bond acceptors (Lipinski definition) is 5. The summed E-state index contributed by atoms with van der Waals surface area (Å²) in [6, 6.07) is 14.8. The van der Waals surface area contributed by atoms with E-state index in [0.717, 1.165) is 24.8 Å². The molecule has 30 heavy (non-hydrogen) atoms. The highest BCUT2D eigenvalue weighted by molar-refractivity contribution is 6.48. The maximum Gasteiger partial charge on any atom is 0.338 e. The van der Waals surface area contributed by atoms with Gasteiger partial charge in [0.05, 0.1) is 18.2 Å². The first-order valence-electron chi connectivity index (χ1n) is 10.3. The Hall–Kier alpha value is -3.28. The minimum atomic E-state index is -1.00. The number of ketones is 2. The molecule has 1 amide bonds. The Bertz CT molecular complexity index is 978. The third-order valence-corrected chi connectivity index (χ3v) is 5.92. The fourth-order valence-corrected chi connectivity index (χ4v) is 4.14. The zero-order chi connectivity index (χ0) is 21.3. The van der Waals surface area contributed by atoms with Gasteiger partial charge in [0, 0.05) is 11.6 Å². The van der Waals surface area contributed by atoms with Crippen molar-refractivity contribution < 1.29 is 23.9 Å². The normalized spacial score (nSPS) is 21.4. The topological polar surface area (TPSA) is 80.8 Å². The fourth-order valence-electron chi connectivity index (χ4n) is 4.14. The van der Waals surface area contributed by atoms with Crippen LogP contribution in [0.15, 0.2) is 54.6 Å². The Morgan fingerprint density at radius 2 is 1.67 bits per heavy atom. The van der Waals surface area contributed by atoms with E-state index in [4.69, 9.17) is 4.74 Å². The number of Topliss-reactive ketones (excluding diaryl/α,β-unsaturated/α-hetero) is 2. The highest BCUT2D eigenvalue weighted by Crippen LogP contribution is 2.43. The smallest absolute Gasteiger partial charge is 0.338 e. The van der Waals surface area contributed by atoms with Crippen LogP contribution in [0.3, 0.4) is 0 Å². The third-order valence-electron chi connectivity index (χ3n) is 5.92. The maximum absolute atomic E-state index is 13.1. The van der Waals surface area contributed by atoms with E-state index in [0.29, 0.717) is 11.3 Å². The van der Waals surface area contributed by atoms with Gasteiger partial charge >= 0.3 is 5.97 Å². The van der Waals surface area contributed by atoms with Crippen LogP contribution in [0.2, 0.25) is 0 Å². The summed E-state index contributed by atoms with van der Waals surface area (Å²) >= 11 is 0. The van der Waals surface area contributed by atoms with Crippen molar-refractivity contribution in [2.45, 2.75) is 32.2 Å². The highest BCUT2D eigenvalue weighted by atomic mass is 16.5. The van der Waals surface area contributed by atoms with Crippen molar-refractivity contribution >= 4 is 29.1 Å². The minimum absolute atomic E-state index is 0.140. The molecule has 1 saturated carbocycles. The minimum Gasteiger partial charge on any atom is -0.462 e. The zero-order valence-corrected chi connectivity index (χ0v) is 16.7. The summed E-state index contributed by atoms with van der Waals surface area (Å²) in [7, 11) is 0. The van der Waals surface area contributed by atoms with E-state index in [-0.39, 0.29) is 18.3 Å². The lowest BCUT2D eigenvalue weighted by molar-refractivity contribution is -0.141. The number of ether oxygens (including phenoxy) is 1. The molecule has 0 radical (unpaired) electrons. The number of rotatable bonds is 6. The van der Waals surface area contributed by atoms with Crippen molar-refractivity contribution in [3.8, 4) is 0 Å². The van der Waals surface area contributed by atoms with Crippen LogP contribution in [0, 0.1) is 11.8 Å². The van der Waals surface area contributed by atoms with Crippen LogP contribution in [-0.4, -0.2) is 30.0 Å². The molecule has 154 valence electrons. The molecule has 0 spiro atoms. The summed E-state index contributed by atoms with van der Waals surface area (Å²) in [5.74, 6) is -3.09. The van der Waals surface area contributed by atoms with E-state index in [2.05, 4.69) is 0 Å². The molecule has 1 aliphatic carbocycles. The van der Waals surface area contributed by atoms with Gasteiger partial charge in [0.15, 0.2) is 0 Å². The van der Waals surface area contributed by atoms with Gasteiger partial charge in [-0.15, -0.1) is 0 Å². The van der Waals surface area contributed by atoms with E-state index < -0.39 is 29.6 Å². The van der Waals surface area contributed by atoms with Crippen molar-refractivity contribution in [3.05, 3.63) is 65.7 Å². The van der Waals surface area contributed by atoms with Crippen molar-refractivity contribution in [1.82, 2.24) is 0 Å². The molecule has 2 aromatic carbocycles. The first-order chi connectivity index (χ1) is 14.5. The molecular weight excluding hydrogens is 382 g/mol. The van der Waals surface area contributed by atoms with Crippen LogP contribution < -0.4 is 4.90 Å². The molecule has 4 rings (SSSR count). The molecule has 6 nitrogen and oxygen atoms in total. The second-order valence-electron chi connectivity index (χ2n) is 7.67. The van der Waals surface area contributed by atoms with E-state index in [1.807, 2.05) is 30.3 Å². The molecule has 1 heterocycles. The van der Waals surface area contributed by atoms with Crippen LogP contribution in [0.25, 0.3) is 0 Å². The zero-order valence-electron chi connectivity index (χ0n) is 16.7. The van der Waals surface area contributed by atoms with Gasteiger partial charge in [-0.3, -0.25) is 19.3 Å². The number of anilines is 1. The summed E-state index contributed by atoms with van der Waals surface area (Å²) < 4.78 is 5.00. The number of carbonyl (C=O) groups excluding carboxylic acids is 4. The van der Waals surface area contributed by atoms with Crippen LogP contribution in [0.1, 0.15) is 48.1 Å². The number of hydrogen-bond donors (Lipinski definition) is 0. The van der Waals surface area contributed by atoms with Gasteiger partial charge in [0.1, 0.15) is 11.7 Å². The van der Waals surface area contributed by atoms with Gasteiger partial charge in [-0.2, -0.15) is 0 Å². The molecule has 0 bridgehead atoms. The predicted octanol–water partition coefficient (Wildman–Crippen LogP) is 3.51. The molecule has 2 atom stereocenters. The van der Waals surface area contributed by atoms with Gasteiger partial charge in [-0.1, -0.05) is 36.8 Å². The van der Waals surface area contributed by atoms with E-state index in [9.17, 15) is 19.2 Å². The summed E-state index contributed by atoms with van der Waals surface area (Å²) in [4.78, 5) is 52.3. The Labute approximate surface area is 174 Å². The maximum atomic E-state index is 13.1. The van der Waals surface area contributed by atoms with Crippen LogP contribution in [-0.2, 0) is 19.1 Å². The van der Waals surface area contributed by atoms with Crippen LogP contribution >= 0.6 is 0 Å². The lowest BCUT2D eigenvalue weighted by Gasteiger charge is -2.31. The largest absolute Gasteiger partial charge is 0.462 e. The summed E-state index contributed by atoms with van der Waals surface area (Å²) in [6.45, 7) is 1.99. The average Bonchev–Trinajstić information content (AvgIpc) is 2.98. The summed E-state index contributed by atoms with van der Waals surface area (Å²) in [5.41, 5.74) is 1.57. The monoisotopic (exact) mass is 405 g/mol. The third kappa shape index (κ3) is 3.43. The average molecular weight is 405 g/mol. The molecule has 6 heteroatoms. The Kier molecular flexibility index (Phi) is 5.48. The van der Waals surface area contributed by atoms with Crippen LogP contribution in [0.5, 0.6) is 0 Å². The molecule has 0 N–H and O–H groups in total. The Morgan fingerprint density at radius 3 is 2.23 bits per heavy atom. The van der Waals surface area contributed by atoms with E-state index >= 15 is 0 Å². The standard InChI is InChI=1S/C24H23NO5/c1-2-30-24(29)17-11-13-18(14-12-17)25-20(15-7-4-3-5-8-15)19(22(27)23(25)28)21(26)16-9-6-10-16/h3-5,7-8,11-14,16,19-20H,2,6,9-10H2,1H3. The lowest BCUT2D eigenvalue weighted by Crippen LogP contribution is -2.35. The van der Waals surface area contributed by atoms with Gasteiger partial charge in [0.2, 0.25) is 5.78 Å². The first kappa shape index (κ1) is 20.0. The first-order valence-corrected chi connectivity index (χ1v) is 10.3. The van der Waals surface area contributed by atoms with Gasteiger partial charge in [0.25, 0.3) is 5.91 Å². The quantitative estimate of drug-likeness (QED) is 0.417. The molecule has 2 aliphatic rings. The highest BCUT2D eigenvalue weighted by Gasteiger charge is 2.53. The molecular formula is C24H23NO5. The van der Waals surface area contributed by atoms with Crippen molar-refractivity contribution in [1.29, 1.82) is 0 Å². The molecule has 2 unspecified atom stereocenters. The van der Waals surface area contributed by atoms with E-state index in [1.54, 1.807) is 31.2 Å². The number of nitrogens with zero attached hydrogens (tertiary/aromatic N) is 1. The second kappa shape index (κ2) is 8.22. The number of carbonyl (C=O) groups is 4. The molecule has 1 saturated heterocycles. The Morgan fingerprint density at radius 1 is 1.00 bits per heavy atom. The molecule has 2 aromatic rings. The second-order valence-corrected chi connectivity index (χ2v) is 7.67. The number of esters is 1. The van der Waals surface area contributed by atoms with Crippen molar-refractivity contribution in [2.75, 3.05) is 11.5 Å². The Balaban J connectivity index is 1.73. The van der Waals surface area contributed by atoms with Gasteiger partial charge < -0.3 is 4.74 Å². The number of benzene rings is 2.